The summed E-state index contributed by atoms with van der Waals surface area (Å²) in [5.41, 5.74) is 0.789. The second kappa shape index (κ2) is 6.02. The lowest BCUT2D eigenvalue weighted by Crippen LogP contribution is -2.28. The summed E-state index contributed by atoms with van der Waals surface area (Å²) in [6.07, 6.45) is 1.02. The molecule has 0 heterocycles. The van der Waals surface area contributed by atoms with Gasteiger partial charge in [0.1, 0.15) is 5.82 Å². The fraction of sp³-hybridized carbons (Fsp3) is 0.600. The molecule has 0 aromatic heterocycles. The van der Waals surface area contributed by atoms with Gasteiger partial charge in [-0.3, -0.25) is 0 Å². The summed E-state index contributed by atoms with van der Waals surface area (Å²) in [6, 6.07) is 3.90. The lowest BCUT2D eigenvalue weighted by molar-refractivity contribution is 0.535. The van der Waals surface area contributed by atoms with Crippen LogP contribution in [-0.2, 0) is 16.6 Å². The van der Waals surface area contributed by atoms with Gasteiger partial charge in [0.05, 0.1) is 4.90 Å². The molecule has 1 saturated carbocycles. The number of hydrogen-bond acceptors (Lipinski definition) is 3. The molecule has 1 aliphatic rings. The fourth-order valence-electron chi connectivity index (χ4n) is 2.40. The van der Waals surface area contributed by atoms with Gasteiger partial charge in [0.15, 0.2) is 0 Å². The maximum absolute atomic E-state index is 13.4. The Labute approximate surface area is 126 Å². The second-order valence-corrected chi connectivity index (χ2v) is 8.01. The minimum Gasteiger partial charge on any atom is -0.313 e. The Balaban J connectivity index is 2.16. The van der Waals surface area contributed by atoms with Crippen molar-refractivity contribution >= 4 is 10.0 Å². The van der Waals surface area contributed by atoms with Crippen molar-refractivity contribution in [2.75, 3.05) is 13.1 Å². The number of sulfonamides is 1. The molecule has 1 aromatic carbocycles. The smallest absolute Gasteiger partial charge is 0.241 e. The van der Waals surface area contributed by atoms with E-state index in [9.17, 15) is 12.8 Å². The van der Waals surface area contributed by atoms with Crippen LogP contribution in [-0.4, -0.2) is 21.5 Å². The van der Waals surface area contributed by atoms with Crippen molar-refractivity contribution < 1.29 is 12.8 Å². The van der Waals surface area contributed by atoms with E-state index in [0.717, 1.165) is 19.0 Å². The zero-order valence-electron chi connectivity index (χ0n) is 12.7. The van der Waals surface area contributed by atoms with E-state index >= 15 is 0 Å². The lowest BCUT2D eigenvalue weighted by Gasteiger charge is -2.12. The van der Waals surface area contributed by atoms with Crippen LogP contribution >= 0.6 is 0 Å². The van der Waals surface area contributed by atoms with Crippen molar-refractivity contribution in [3.8, 4) is 0 Å². The minimum absolute atomic E-state index is 0.0295. The van der Waals surface area contributed by atoms with Crippen molar-refractivity contribution in [2.24, 2.45) is 11.3 Å². The molecular weight excluding hydrogens is 291 g/mol. The molecular formula is C15H23FN2O2S. The van der Waals surface area contributed by atoms with Gasteiger partial charge in [-0.25, -0.2) is 17.5 Å². The molecule has 0 bridgehead atoms. The van der Waals surface area contributed by atoms with Crippen LogP contribution in [0.1, 0.15) is 32.8 Å². The van der Waals surface area contributed by atoms with Crippen molar-refractivity contribution in [3.63, 3.8) is 0 Å². The third-order valence-electron chi connectivity index (χ3n) is 4.12. The molecule has 1 atom stereocenters. The first-order valence-corrected chi connectivity index (χ1v) is 8.73. The average Bonchev–Trinajstić information content (AvgIpc) is 3.03. The Hall–Kier alpha value is -0.980. The Morgan fingerprint density at radius 2 is 2.05 bits per heavy atom. The monoisotopic (exact) mass is 314 g/mol. The van der Waals surface area contributed by atoms with E-state index in [-0.39, 0.29) is 10.3 Å². The standard InChI is InChI=1S/C15H23FN2O2S/c1-4-17-9-11-5-6-13(16)7-14(11)21(19,20)18-10-12-8-15(12,2)3/h5-7,12,17-18H,4,8-10H2,1-3H3. The van der Waals surface area contributed by atoms with Gasteiger partial charge in [0.2, 0.25) is 10.0 Å². The van der Waals surface area contributed by atoms with Gasteiger partial charge in [0, 0.05) is 13.1 Å². The zero-order valence-corrected chi connectivity index (χ0v) is 13.6. The van der Waals surface area contributed by atoms with Gasteiger partial charge < -0.3 is 5.32 Å². The van der Waals surface area contributed by atoms with Crippen LogP contribution in [0.15, 0.2) is 23.1 Å². The Bertz CT molecular complexity index is 614. The van der Waals surface area contributed by atoms with Crippen LogP contribution in [0.2, 0.25) is 0 Å². The number of halogens is 1. The Morgan fingerprint density at radius 1 is 1.38 bits per heavy atom. The van der Waals surface area contributed by atoms with Crippen molar-refractivity contribution in [1.29, 1.82) is 0 Å². The summed E-state index contributed by atoms with van der Waals surface area (Å²) < 4.78 is 40.8. The Kier molecular flexibility index (Phi) is 4.70. The topological polar surface area (TPSA) is 58.2 Å². The molecule has 0 saturated heterocycles. The summed E-state index contributed by atoms with van der Waals surface area (Å²) in [6.45, 7) is 7.70. The highest BCUT2D eigenvalue weighted by Gasteiger charge is 2.45. The van der Waals surface area contributed by atoms with Gasteiger partial charge in [0.25, 0.3) is 0 Å². The summed E-state index contributed by atoms with van der Waals surface area (Å²) in [5, 5.41) is 3.07. The van der Waals surface area contributed by atoms with Crippen LogP contribution in [0.3, 0.4) is 0 Å². The van der Waals surface area contributed by atoms with E-state index in [1.165, 1.54) is 12.1 Å². The van der Waals surface area contributed by atoms with E-state index < -0.39 is 15.8 Å². The van der Waals surface area contributed by atoms with Gasteiger partial charge in [-0.1, -0.05) is 26.8 Å². The van der Waals surface area contributed by atoms with Crippen LogP contribution in [0.5, 0.6) is 0 Å². The second-order valence-electron chi connectivity index (χ2n) is 6.27. The van der Waals surface area contributed by atoms with E-state index in [0.29, 0.717) is 24.6 Å². The molecule has 21 heavy (non-hydrogen) atoms. The molecule has 6 heteroatoms. The molecule has 2 N–H and O–H groups in total. The third-order valence-corrected chi connectivity index (χ3v) is 5.63. The van der Waals surface area contributed by atoms with E-state index in [1.54, 1.807) is 0 Å². The molecule has 0 amide bonds. The molecule has 1 unspecified atom stereocenters. The zero-order chi connectivity index (χ0) is 15.7. The molecule has 1 aromatic rings. The average molecular weight is 314 g/mol. The quantitative estimate of drug-likeness (QED) is 0.811. The number of hydrogen-bond donors (Lipinski definition) is 2. The largest absolute Gasteiger partial charge is 0.313 e. The van der Waals surface area contributed by atoms with Crippen LogP contribution in [0.4, 0.5) is 4.39 Å². The van der Waals surface area contributed by atoms with Crippen LogP contribution in [0.25, 0.3) is 0 Å². The molecule has 4 nitrogen and oxygen atoms in total. The summed E-state index contributed by atoms with van der Waals surface area (Å²) in [4.78, 5) is 0.0295. The van der Waals surface area contributed by atoms with Gasteiger partial charge in [-0.2, -0.15) is 0 Å². The number of benzene rings is 1. The molecule has 1 aliphatic carbocycles. The third kappa shape index (κ3) is 4.02. The first-order valence-electron chi connectivity index (χ1n) is 7.25. The number of nitrogens with one attached hydrogen (secondary N) is 2. The van der Waals surface area contributed by atoms with Crippen LogP contribution in [0, 0.1) is 17.2 Å². The highest BCUT2D eigenvalue weighted by Crippen LogP contribution is 2.51. The molecule has 0 aliphatic heterocycles. The Morgan fingerprint density at radius 3 is 2.62 bits per heavy atom. The van der Waals surface area contributed by atoms with Gasteiger partial charge in [-0.05, 0) is 42.0 Å². The lowest BCUT2D eigenvalue weighted by atomic mass is 10.1. The molecule has 2 rings (SSSR count). The highest BCUT2D eigenvalue weighted by atomic mass is 32.2. The molecule has 0 spiro atoms. The molecule has 118 valence electrons. The highest BCUT2D eigenvalue weighted by molar-refractivity contribution is 7.89. The summed E-state index contributed by atoms with van der Waals surface area (Å²) >= 11 is 0. The SMILES string of the molecule is CCNCc1ccc(F)cc1S(=O)(=O)NCC1CC1(C)C. The van der Waals surface area contributed by atoms with E-state index in [1.807, 2.05) is 6.92 Å². The predicted octanol–water partition coefficient (Wildman–Crippen LogP) is 2.26. The first-order chi connectivity index (χ1) is 9.76. The van der Waals surface area contributed by atoms with E-state index in [2.05, 4.69) is 23.9 Å². The predicted molar refractivity (Wildman–Crippen MR) is 80.9 cm³/mol. The van der Waals surface area contributed by atoms with Crippen LogP contribution < -0.4 is 10.0 Å². The normalized spacial score (nSPS) is 20.5. The maximum atomic E-state index is 13.4. The van der Waals surface area contributed by atoms with Crippen molar-refractivity contribution in [1.82, 2.24) is 10.0 Å². The molecule has 1 fully saturated rings. The van der Waals surface area contributed by atoms with Gasteiger partial charge in [-0.15, -0.1) is 0 Å². The maximum Gasteiger partial charge on any atom is 0.241 e. The fourth-order valence-corrected chi connectivity index (χ4v) is 3.73. The molecule has 0 radical (unpaired) electrons. The summed E-state index contributed by atoms with van der Waals surface area (Å²) in [7, 11) is -3.68. The number of rotatable bonds is 7. The van der Waals surface area contributed by atoms with Gasteiger partial charge >= 0.3 is 0 Å². The summed E-state index contributed by atoms with van der Waals surface area (Å²) in [5.74, 6) is -0.180. The van der Waals surface area contributed by atoms with Crippen molar-refractivity contribution in [3.05, 3.63) is 29.6 Å². The van der Waals surface area contributed by atoms with Crippen molar-refractivity contribution in [2.45, 2.75) is 38.6 Å². The minimum atomic E-state index is -3.68. The van der Waals surface area contributed by atoms with E-state index in [4.69, 9.17) is 0 Å². The first kappa shape index (κ1) is 16.4.